The van der Waals surface area contributed by atoms with Gasteiger partial charge in [0.1, 0.15) is 24.4 Å². The molecule has 3 aromatic carbocycles. The second-order valence-corrected chi connectivity index (χ2v) is 11.0. The average molecular weight is 569 g/mol. The van der Waals surface area contributed by atoms with E-state index in [-0.39, 0.29) is 6.61 Å². The van der Waals surface area contributed by atoms with E-state index in [9.17, 15) is 8.42 Å². The number of hydrogen-bond acceptors (Lipinski definition) is 8. The highest BCUT2D eigenvalue weighted by atomic mass is 32.2. The second kappa shape index (κ2) is 15.2. The highest BCUT2D eigenvalue weighted by Gasteiger charge is 2.47. The van der Waals surface area contributed by atoms with Gasteiger partial charge >= 0.3 is 0 Å². The van der Waals surface area contributed by atoms with Crippen molar-refractivity contribution in [2.75, 3.05) is 20.0 Å². The van der Waals surface area contributed by atoms with E-state index in [2.05, 4.69) is 0 Å². The molecule has 214 valence electrons. The van der Waals surface area contributed by atoms with Crippen LogP contribution in [0.15, 0.2) is 103 Å². The predicted molar refractivity (Wildman–Crippen MR) is 151 cm³/mol. The van der Waals surface area contributed by atoms with E-state index in [4.69, 9.17) is 27.9 Å². The van der Waals surface area contributed by atoms with E-state index in [0.717, 1.165) is 22.9 Å². The van der Waals surface area contributed by atoms with Gasteiger partial charge in [-0.1, -0.05) is 103 Å². The Hall–Kier alpha value is -2.89. The molecule has 8 nitrogen and oxygen atoms in total. The molecular weight excluding hydrogens is 532 g/mol. The number of rotatable bonds is 14. The maximum Gasteiger partial charge on any atom is 0.264 e. The van der Waals surface area contributed by atoms with Crippen LogP contribution in [0.1, 0.15) is 16.7 Å². The third kappa shape index (κ3) is 9.35. The Balaban J connectivity index is 1.61. The smallest absolute Gasteiger partial charge is 0.264 e. The Bertz CT molecular complexity index is 1270. The summed E-state index contributed by atoms with van der Waals surface area (Å²) in [5.74, 6) is 0. The molecule has 3 aromatic rings. The molecule has 40 heavy (non-hydrogen) atoms. The third-order valence-corrected chi connectivity index (χ3v) is 6.89. The maximum atomic E-state index is 11.4. The molecule has 0 N–H and O–H groups in total. The number of methoxy groups -OCH3 is 1. The van der Waals surface area contributed by atoms with E-state index in [1.807, 2.05) is 91.0 Å². The summed E-state index contributed by atoms with van der Waals surface area (Å²) in [6.07, 6.45) is 1.11. The standard InChI is InChI=1S/C31H36O8S/c1-34-31-30(37-23-26-17-10-5-11-18-26)29(36-22-25-15-8-4-9-16-25)28(35-21-24-13-6-3-7-14-24)27(39-31)19-12-20-38-40(2,32)33/h3-19,27-31H,20-23H2,1-2H3/b19-12+/t27-,28-,29+,30+,31+/m1/s1. The quantitative estimate of drug-likeness (QED) is 0.205. The van der Waals surface area contributed by atoms with Crippen LogP contribution in [0.2, 0.25) is 0 Å². The summed E-state index contributed by atoms with van der Waals surface area (Å²) < 4.78 is 59.2. The van der Waals surface area contributed by atoms with Gasteiger partial charge in [-0.2, -0.15) is 8.42 Å². The van der Waals surface area contributed by atoms with Crippen LogP contribution in [0, 0.1) is 0 Å². The summed E-state index contributed by atoms with van der Waals surface area (Å²) in [6.45, 7) is 0.832. The lowest BCUT2D eigenvalue weighted by Crippen LogP contribution is -2.60. The van der Waals surface area contributed by atoms with E-state index < -0.39 is 40.8 Å². The average Bonchev–Trinajstić information content (AvgIpc) is 2.97. The molecule has 5 atom stereocenters. The molecule has 0 aliphatic carbocycles. The lowest BCUT2D eigenvalue weighted by molar-refractivity contribution is -0.309. The second-order valence-electron chi connectivity index (χ2n) is 9.41. The van der Waals surface area contributed by atoms with Gasteiger partial charge in [0.05, 0.1) is 32.7 Å². The van der Waals surface area contributed by atoms with Crippen molar-refractivity contribution < 1.29 is 36.3 Å². The first kappa shape index (κ1) is 30.1. The lowest BCUT2D eigenvalue weighted by atomic mass is 9.97. The van der Waals surface area contributed by atoms with Gasteiger partial charge in [-0.15, -0.1) is 0 Å². The Morgan fingerprint density at radius 3 is 1.60 bits per heavy atom. The molecule has 1 aliphatic rings. The molecule has 0 radical (unpaired) electrons. The zero-order valence-electron chi connectivity index (χ0n) is 22.7. The van der Waals surface area contributed by atoms with Gasteiger partial charge in [0.2, 0.25) is 0 Å². The van der Waals surface area contributed by atoms with Crippen LogP contribution in [0.3, 0.4) is 0 Å². The van der Waals surface area contributed by atoms with Crippen molar-refractivity contribution in [3.8, 4) is 0 Å². The first-order valence-electron chi connectivity index (χ1n) is 13.1. The Kier molecular flexibility index (Phi) is 11.4. The van der Waals surface area contributed by atoms with E-state index in [1.165, 1.54) is 0 Å². The fourth-order valence-electron chi connectivity index (χ4n) is 4.39. The van der Waals surface area contributed by atoms with E-state index >= 15 is 0 Å². The van der Waals surface area contributed by atoms with Gasteiger partial charge in [-0.3, -0.25) is 4.18 Å². The maximum absolute atomic E-state index is 11.4. The normalized spacial score (nSPS) is 23.4. The Morgan fingerprint density at radius 1 is 0.700 bits per heavy atom. The highest BCUT2D eigenvalue weighted by Crippen LogP contribution is 2.31. The van der Waals surface area contributed by atoms with Gasteiger partial charge in [-0.05, 0) is 16.7 Å². The molecule has 0 bridgehead atoms. The molecule has 1 heterocycles. The highest BCUT2D eigenvalue weighted by molar-refractivity contribution is 7.85. The number of benzene rings is 3. The van der Waals surface area contributed by atoms with Gasteiger partial charge < -0.3 is 23.7 Å². The van der Waals surface area contributed by atoms with Crippen molar-refractivity contribution in [1.82, 2.24) is 0 Å². The molecule has 4 rings (SSSR count). The zero-order chi connectivity index (χ0) is 28.2. The van der Waals surface area contributed by atoms with Crippen molar-refractivity contribution in [2.24, 2.45) is 0 Å². The van der Waals surface area contributed by atoms with E-state index in [1.54, 1.807) is 19.3 Å². The van der Waals surface area contributed by atoms with Crippen molar-refractivity contribution in [3.63, 3.8) is 0 Å². The zero-order valence-corrected chi connectivity index (χ0v) is 23.5. The minimum absolute atomic E-state index is 0.134. The predicted octanol–water partition coefficient (Wildman–Crippen LogP) is 4.65. The summed E-state index contributed by atoms with van der Waals surface area (Å²) in [7, 11) is -2.04. The molecule has 9 heteroatoms. The van der Waals surface area contributed by atoms with Crippen LogP contribution in [0.5, 0.6) is 0 Å². The molecule has 0 saturated carbocycles. The molecule has 1 saturated heterocycles. The molecule has 0 spiro atoms. The summed E-state index contributed by atoms with van der Waals surface area (Å²) in [4.78, 5) is 0. The van der Waals surface area contributed by atoms with Crippen LogP contribution < -0.4 is 0 Å². The molecule has 1 fully saturated rings. The van der Waals surface area contributed by atoms with Crippen molar-refractivity contribution in [1.29, 1.82) is 0 Å². The van der Waals surface area contributed by atoms with Crippen LogP contribution in [0.4, 0.5) is 0 Å². The molecule has 0 unspecified atom stereocenters. The Morgan fingerprint density at radius 2 is 1.15 bits per heavy atom. The van der Waals surface area contributed by atoms with Crippen molar-refractivity contribution >= 4 is 10.1 Å². The fraction of sp³-hybridized carbons (Fsp3) is 0.355. The third-order valence-electron chi connectivity index (χ3n) is 6.32. The van der Waals surface area contributed by atoms with Crippen LogP contribution in [-0.2, 0) is 57.8 Å². The fourth-order valence-corrected chi connectivity index (χ4v) is 4.71. The van der Waals surface area contributed by atoms with Crippen LogP contribution >= 0.6 is 0 Å². The van der Waals surface area contributed by atoms with Gasteiger partial charge in [0, 0.05) is 7.11 Å². The first-order valence-corrected chi connectivity index (χ1v) is 14.9. The minimum Gasteiger partial charge on any atom is -0.368 e. The molecular formula is C31H36O8S. The lowest BCUT2D eigenvalue weighted by Gasteiger charge is -2.45. The first-order chi connectivity index (χ1) is 19.4. The van der Waals surface area contributed by atoms with E-state index in [0.29, 0.717) is 19.8 Å². The van der Waals surface area contributed by atoms with Gasteiger partial charge in [-0.25, -0.2) is 0 Å². The molecule has 0 amide bonds. The van der Waals surface area contributed by atoms with Crippen LogP contribution in [0.25, 0.3) is 0 Å². The topological polar surface area (TPSA) is 89.5 Å². The minimum atomic E-state index is -3.59. The number of hydrogen-bond donors (Lipinski definition) is 0. The summed E-state index contributed by atoms with van der Waals surface area (Å²) in [5, 5.41) is 0. The summed E-state index contributed by atoms with van der Waals surface area (Å²) in [6, 6.07) is 29.5. The monoisotopic (exact) mass is 568 g/mol. The van der Waals surface area contributed by atoms with Gasteiger partial charge in [0.15, 0.2) is 6.29 Å². The van der Waals surface area contributed by atoms with Gasteiger partial charge in [0.25, 0.3) is 10.1 Å². The largest absolute Gasteiger partial charge is 0.368 e. The van der Waals surface area contributed by atoms with Crippen molar-refractivity contribution in [2.45, 2.75) is 50.5 Å². The Labute approximate surface area is 236 Å². The molecule has 1 aliphatic heterocycles. The summed E-state index contributed by atoms with van der Waals surface area (Å²) >= 11 is 0. The summed E-state index contributed by atoms with van der Waals surface area (Å²) in [5.41, 5.74) is 2.99. The van der Waals surface area contributed by atoms with Crippen molar-refractivity contribution in [3.05, 3.63) is 120 Å². The van der Waals surface area contributed by atoms with Crippen LogP contribution in [-0.4, -0.2) is 59.1 Å². The SMILES string of the molecule is CO[C@H]1O[C@H](/C=C/COS(C)(=O)=O)[C@@H](OCc2ccccc2)[C@H](OCc2ccccc2)[C@@H]1OCc1ccccc1. The molecule has 0 aromatic heterocycles. The number of ether oxygens (including phenoxy) is 5.